The van der Waals surface area contributed by atoms with Crippen molar-refractivity contribution in [1.82, 2.24) is 10.2 Å². The average Bonchev–Trinajstić information content (AvgIpc) is 3.18. The van der Waals surface area contributed by atoms with Gasteiger partial charge in [0, 0.05) is 17.6 Å². The molecule has 0 spiro atoms. The Kier molecular flexibility index (Phi) is 7.17. The zero-order valence-electron chi connectivity index (χ0n) is 16.4. The summed E-state index contributed by atoms with van der Waals surface area (Å²) in [6, 6.07) is 14.8. The summed E-state index contributed by atoms with van der Waals surface area (Å²) in [5, 5.41) is 7.35. The third-order valence-corrected chi connectivity index (χ3v) is 5.97. The minimum Gasteiger partial charge on any atom is -0.335 e. The van der Waals surface area contributed by atoms with Crippen LogP contribution in [0.2, 0.25) is 10.0 Å². The number of nitrogens with zero attached hydrogens (tertiary/aromatic N) is 1. The highest BCUT2D eigenvalue weighted by atomic mass is 35.5. The number of benzene rings is 2. The molecule has 2 N–H and O–H groups in total. The van der Waals surface area contributed by atoms with Gasteiger partial charge in [-0.3, -0.25) is 14.9 Å². The van der Waals surface area contributed by atoms with E-state index in [-0.39, 0.29) is 30.4 Å². The van der Waals surface area contributed by atoms with Crippen LogP contribution < -0.4 is 10.6 Å². The minimum absolute atomic E-state index is 0.0420. The summed E-state index contributed by atoms with van der Waals surface area (Å²) in [6.45, 7) is 0.123. The number of para-hydroxylation sites is 1. The molecule has 0 aliphatic heterocycles. The molecular weight excluding hydrogens is 409 g/mol. The first kappa shape index (κ1) is 21.6. The second kappa shape index (κ2) is 9.61. The molecule has 2 amide bonds. The highest BCUT2D eigenvalue weighted by Crippen LogP contribution is 2.39. The number of carbonyl (C=O) groups excluding carboxylic acids is 2. The molecule has 7 heteroatoms. The molecule has 0 saturated heterocycles. The minimum atomic E-state index is -0.290. The van der Waals surface area contributed by atoms with E-state index in [1.165, 1.54) is 4.90 Å². The molecular formula is C22H25Cl2N3O2. The summed E-state index contributed by atoms with van der Waals surface area (Å²) in [4.78, 5) is 26.3. The van der Waals surface area contributed by atoms with Crippen molar-refractivity contribution >= 4 is 40.7 Å². The van der Waals surface area contributed by atoms with Gasteiger partial charge in [-0.05, 0) is 42.7 Å². The Balaban J connectivity index is 1.56. The van der Waals surface area contributed by atoms with Crippen molar-refractivity contribution in [3.05, 3.63) is 64.1 Å². The lowest BCUT2D eigenvalue weighted by Crippen LogP contribution is -2.47. The topological polar surface area (TPSA) is 61.4 Å². The van der Waals surface area contributed by atoms with Gasteiger partial charge in [0.25, 0.3) is 0 Å². The smallest absolute Gasteiger partial charge is 0.244 e. The van der Waals surface area contributed by atoms with Gasteiger partial charge in [0.2, 0.25) is 11.8 Å². The maximum Gasteiger partial charge on any atom is 0.244 e. The Morgan fingerprint density at radius 2 is 1.69 bits per heavy atom. The number of carbonyl (C=O) groups is 2. The van der Waals surface area contributed by atoms with Crippen molar-refractivity contribution in [3.8, 4) is 0 Å². The fourth-order valence-electron chi connectivity index (χ4n) is 3.75. The number of anilines is 1. The van der Waals surface area contributed by atoms with Gasteiger partial charge in [0.1, 0.15) is 0 Å². The third kappa shape index (κ3) is 5.50. The van der Waals surface area contributed by atoms with Crippen LogP contribution in [0.3, 0.4) is 0 Å². The highest BCUT2D eigenvalue weighted by Gasteiger charge is 2.35. The number of halogens is 2. The number of rotatable bonds is 7. The number of nitrogens with one attached hydrogen (secondary N) is 2. The molecule has 0 bridgehead atoms. The molecule has 0 atom stereocenters. The average molecular weight is 434 g/mol. The zero-order chi connectivity index (χ0) is 20.9. The molecule has 5 nitrogen and oxygen atoms in total. The summed E-state index contributed by atoms with van der Waals surface area (Å²) < 4.78 is 0. The first-order valence-corrected chi connectivity index (χ1v) is 10.4. The predicted molar refractivity (Wildman–Crippen MR) is 117 cm³/mol. The molecule has 154 valence electrons. The lowest BCUT2D eigenvalue weighted by Gasteiger charge is -2.32. The Bertz CT molecular complexity index is 865. The van der Waals surface area contributed by atoms with Crippen molar-refractivity contribution in [1.29, 1.82) is 0 Å². The Morgan fingerprint density at radius 3 is 2.34 bits per heavy atom. The van der Waals surface area contributed by atoms with Gasteiger partial charge >= 0.3 is 0 Å². The quantitative estimate of drug-likeness (QED) is 0.677. The molecule has 1 aliphatic carbocycles. The lowest BCUT2D eigenvalue weighted by atomic mass is 9.88. The van der Waals surface area contributed by atoms with Gasteiger partial charge in [0.05, 0.1) is 23.8 Å². The van der Waals surface area contributed by atoms with E-state index in [1.807, 2.05) is 24.3 Å². The summed E-state index contributed by atoms with van der Waals surface area (Å²) in [6.07, 6.45) is 4.16. The van der Waals surface area contributed by atoms with Gasteiger partial charge in [0.15, 0.2) is 0 Å². The van der Waals surface area contributed by atoms with Gasteiger partial charge in [-0.2, -0.15) is 0 Å². The summed E-state index contributed by atoms with van der Waals surface area (Å²) in [5.41, 5.74) is 1.46. The largest absolute Gasteiger partial charge is 0.335 e. The van der Waals surface area contributed by atoms with Crippen LogP contribution in [0.5, 0.6) is 0 Å². The third-order valence-electron chi connectivity index (χ3n) is 5.39. The fraction of sp³-hybridized carbons (Fsp3) is 0.364. The van der Waals surface area contributed by atoms with Crippen LogP contribution >= 0.6 is 23.2 Å². The lowest BCUT2D eigenvalue weighted by molar-refractivity contribution is -0.132. The molecule has 2 aromatic rings. The van der Waals surface area contributed by atoms with Crippen LogP contribution in [0.1, 0.15) is 31.2 Å². The normalized spacial score (nSPS) is 15.1. The monoisotopic (exact) mass is 433 g/mol. The van der Waals surface area contributed by atoms with Gasteiger partial charge in [-0.15, -0.1) is 0 Å². The fourth-order valence-corrected chi connectivity index (χ4v) is 4.06. The van der Waals surface area contributed by atoms with Crippen molar-refractivity contribution in [3.63, 3.8) is 0 Å². The SMILES string of the molecule is CN(CC(=O)Nc1ccccc1Cl)C(=O)CNC1(c2ccc(Cl)cc2)CCCC1. The van der Waals surface area contributed by atoms with E-state index in [0.717, 1.165) is 31.2 Å². The van der Waals surface area contributed by atoms with E-state index in [2.05, 4.69) is 10.6 Å². The second-order valence-corrected chi connectivity index (χ2v) is 8.27. The first-order chi connectivity index (χ1) is 13.9. The van der Waals surface area contributed by atoms with Crippen LogP contribution in [0, 0.1) is 0 Å². The molecule has 0 radical (unpaired) electrons. The van der Waals surface area contributed by atoms with E-state index in [1.54, 1.807) is 31.3 Å². The van der Waals surface area contributed by atoms with Gasteiger partial charge in [-0.1, -0.05) is 60.3 Å². The molecule has 1 saturated carbocycles. The van der Waals surface area contributed by atoms with Crippen LogP contribution in [-0.4, -0.2) is 36.9 Å². The maximum atomic E-state index is 12.6. The van der Waals surface area contributed by atoms with Crippen LogP contribution in [0.4, 0.5) is 5.69 Å². The molecule has 2 aromatic carbocycles. The molecule has 0 unspecified atom stereocenters. The van der Waals surface area contributed by atoms with Gasteiger partial charge in [-0.25, -0.2) is 0 Å². The van der Waals surface area contributed by atoms with Crippen molar-refractivity contribution in [2.24, 2.45) is 0 Å². The second-order valence-electron chi connectivity index (χ2n) is 7.43. The molecule has 0 heterocycles. The molecule has 3 rings (SSSR count). The van der Waals surface area contributed by atoms with Gasteiger partial charge < -0.3 is 10.2 Å². The van der Waals surface area contributed by atoms with E-state index in [4.69, 9.17) is 23.2 Å². The summed E-state index contributed by atoms with van der Waals surface area (Å²) in [5.74, 6) is -0.429. The van der Waals surface area contributed by atoms with Crippen LogP contribution in [-0.2, 0) is 15.1 Å². The number of hydrogen-bond acceptors (Lipinski definition) is 3. The van der Waals surface area contributed by atoms with Crippen molar-refractivity contribution in [2.75, 3.05) is 25.5 Å². The van der Waals surface area contributed by atoms with E-state index in [0.29, 0.717) is 15.7 Å². The Labute approximate surface area is 181 Å². The van der Waals surface area contributed by atoms with Crippen LogP contribution in [0.15, 0.2) is 48.5 Å². The number of likely N-dealkylation sites (N-methyl/N-ethyl adjacent to an activating group) is 1. The number of hydrogen-bond donors (Lipinski definition) is 2. The number of amides is 2. The molecule has 0 aromatic heterocycles. The van der Waals surface area contributed by atoms with Crippen molar-refractivity contribution in [2.45, 2.75) is 31.2 Å². The maximum absolute atomic E-state index is 12.6. The molecule has 1 aliphatic rings. The predicted octanol–water partition coefficient (Wildman–Crippen LogP) is 4.45. The summed E-state index contributed by atoms with van der Waals surface area (Å²) >= 11 is 12.1. The molecule has 29 heavy (non-hydrogen) atoms. The molecule has 1 fully saturated rings. The van der Waals surface area contributed by atoms with E-state index in [9.17, 15) is 9.59 Å². The van der Waals surface area contributed by atoms with E-state index >= 15 is 0 Å². The van der Waals surface area contributed by atoms with E-state index < -0.39 is 0 Å². The zero-order valence-corrected chi connectivity index (χ0v) is 17.9. The van der Waals surface area contributed by atoms with Crippen LogP contribution in [0.25, 0.3) is 0 Å². The standard InChI is InChI=1S/C22H25Cl2N3O2/c1-27(15-20(28)26-19-7-3-2-6-18(19)24)21(29)14-25-22(12-4-5-13-22)16-8-10-17(23)11-9-16/h2-3,6-11,25H,4-5,12-15H2,1H3,(H,26,28). The first-order valence-electron chi connectivity index (χ1n) is 9.69. The Morgan fingerprint density at radius 1 is 1.03 bits per heavy atom. The van der Waals surface area contributed by atoms with Crippen molar-refractivity contribution < 1.29 is 9.59 Å². The Hall–Kier alpha value is -2.08. The summed E-state index contributed by atoms with van der Waals surface area (Å²) in [7, 11) is 1.62. The highest BCUT2D eigenvalue weighted by molar-refractivity contribution is 6.33.